The fourth-order valence-electron chi connectivity index (χ4n) is 1.53. The number of hydrogen-bond acceptors (Lipinski definition) is 5. The molecule has 18 heavy (non-hydrogen) atoms. The molecule has 0 radical (unpaired) electrons. The van der Waals surface area contributed by atoms with Gasteiger partial charge in [0.1, 0.15) is 5.69 Å². The van der Waals surface area contributed by atoms with Gasteiger partial charge in [-0.3, -0.25) is 4.98 Å². The zero-order chi connectivity index (χ0) is 12.2. The summed E-state index contributed by atoms with van der Waals surface area (Å²) in [5.74, 6) is 0.936. The van der Waals surface area contributed by atoms with Gasteiger partial charge >= 0.3 is 0 Å². The van der Waals surface area contributed by atoms with E-state index in [1.54, 1.807) is 6.20 Å². The lowest BCUT2D eigenvalue weighted by Gasteiger charge is -1.99. The van der Waals surface area contributed by atoms with Crippen molar-refractivity contribution < 1.29 is 0 Å². The fraction of sp³-hybridized carbons (Fsp3) is 0. The smallest absolute Gasteiger partial charge is 0.221 e. The quantitative estimate of drug-likeness (QED) is 0.679. The Bertz CT molecular complexity index is 564. The molecular weight excluding hydrogens is 226 g/mol. The third-order valence-electron chi connectivity index (χ3n) is 2.40. The number of hydrogen-bond donors (Lipinski definition) is 0. The normalized spacial score (nSPS) is 10.2. The molecule has 0 aliphatic rings. The molecule has 86 valence electrons. The van der Waals surface area contributed by atoms with E-state index in [0.29, 0.717) is 17.3 Å². The molecule has 0 fully saturated rings. The van der Waals surface area contributed by atoms with Crippen LogP contribution in [0.3, 0.4) is 0 Å². The lowest BCUT2D eigenvalue weighted by molar-refractivity contribution is 0.870. The highest BCUT2D eigenvalue weighted by Crippen LogP contribution is 2.13. The van der Waals surface area contributed by atoms with Crippen molar-refractivity contribution in [1.29, 1.82) is 0 Å². The Balaban J connectivity index is 1.95. The predicted octanol–water partition coefficient (Wildman–Crippen LogP) is 2.00. The van der Waals surface area contributed by atoms with E-state index in [4.69, 9.17) is 0 Å². The van der Waals surface area contributed by atoms with Gasteiger partial charge in [0, 0.05) is 11.8 Å². The Hall–Kier alpha value is -2.69. The number of aromatic nitrogens is 5. The van der Waals surface area contributed by atoms with E-state index < -0.39 is 0 Å². The van der Waals surface area contributed by atoms with Crippen LogP contribution in [0.25, 0.3) is 22.9 Å². The Labute approximate surface area is 104 Å². The van der Waals surface area contributed by atoms with Crippen LogP contribution >= 0.6 is 0 Å². The van der Waals surface area contributed by atoms with Gasteiger partial charge in [-0.25, -0.2) is 0 Å². The molecule has 0 amide bonds. The van der Waals surface area contributed by atoms with Crippen LogP contribution in [0.1, 0.15) is 0 Å². The van der Waals surface area contributed by atoms with Gasteiger partial charge in [0.2, 0.25) is 11.6 Å². The summed E-state index contributed by atoms with van der Waals surface area (Å²) in [5, 5.41) is 16.2. The summed E-state index contributed by atoms with van der Waals surface area (Å²) < 4.78 is 0. The first-order valence-corrected chi connectivity index (χ1v) is 5.48. The van der Waals surface area contributed by atoms with Crippen molar-refractivity contribution in [2.75, 3.05) is 0 Å². The van der Waals surface area contributed by atoms with E-state index in [0.717, 1.165) is 5.56 Å². The van der Waals surface area contributed by atoms with Gasteiger partial charge in [-0.05, 0) is 12.1 Å². The summed E-state index contributed by atoms with van der Waals surface area (Å²) in [6, 6.07) is 15.1. The highest BCUT2D eigenvalue weighted by Gasteiger charge is 2.06. The maximum Gasteiger partial charge on any atom is 0.221 e. The SMILES string of the molecule is c1ccc(-c2nnc(-c3ccccn3)nn2)cc1. The van der Waals surface area contributed by atoms with Crippen LogP contribution < -0.4 is 0 Å². The van der Waals surface area contributed by atoms with Crippen molar-refractivity contribution in [1.82, 2.24) is 25.4 Å². The summed E-state index contributed by atoms with van der Waals surface area (Å²) in [5.41, 5.74) is 1.56. The van der Waals surface area contributed by atoms with Crippen LogP contribution in [0.2, 0.25) is 0 Å². The molecule has 1 aromatic carbocycles. The zero-order valence-electron chi connectivity index (χ0n) is 9.43. The summed E-state index contributed by atoms with van der Waals surface area (Å²) in [6.07, 6.45) is 1.68. The second kappa shape index (κ2) is 4.67. The minimum atomic E-state index is 0.426. The molecule has 3 rings (SSSR count). The fourth-order valence-corrected chi connectivity index (χ4v) is 1.53. The van der Waals surface area contributed by atoms with Crippen LogP contribution in [0.5, 0.6) is 0 Å². The summed E-state index contributed by atoms with van der Waals surface area (Å²) in [4.78, 5) is 4.15. The Morgan fingerprint density at radius 1 is 0.611 bits per heavy atom. The van der Waals surface area contributed by atoms with Crippen LogP contribution in [0.15, 0.2) is 54.7 Å². The first kappa shape index (κ1) is 10.5. The lowest BCUT2D eigenvalue weighted by Crippen LogP contribution is -1.99. The van der Waals surface area contributed by atoms with E-state index in [2.05, 4.69) is 25.4 Å². The molecule has 0 saturated carbocycles. The van der Waals surface area contributed by atoms with Crippen molar-refractivity contribution >= 4 is 0 Å². The second-order valence-corrected chi connectivity index (χ2v) is 3.63. The molecule has 0 atom stereocenters. The van der Waals surface area contributed by atoms with E-state index >= 15 is 0 Å². The highest BCUT2D eigenvalue weighted by atomic mass is 15.3. The second-order valence-electron chi connectivity index (χ2n) is 3.63. The van der Waals surface area contributed by atoms with Gasteiger partial charge in [0.25, 0.3) is 0 Å². The summed E-state index contributed by atoms with van der Waals surface area (Å²) >= 11 is 0. The Morgan fingerprint density at radius 2 is 1.28 bits per heavy atom. The number of nitrogens with zero attached hydrogens (tertiary/aromatic N) is 5. The van der Waals surface area contributed by atoms with Gasteiger partial charge in [0.15, 0.2) is 0 Å². The molecule has 2 heterocycles. The van der Waals surface area contributed by atoms with E-state index in [1.165, 1.54) is 0 Å². The number of rotatable bonds is 2. The largest absolute Gasteiger partial charge is 0.253 e. The molecule has 0 bridgehead atoms. The molecule has 0 saturated heterocycles. The summed E-state index contributed by atoms with van der Waals surface area (Å²) in [7, 11) is 0. The molecule has 0 N–H and O–H groups in total. The molecule has 5 heteroatoms. The summed E-state index contributed by atoms with van der Waals surface area (Å²) in [6.45, 7) is 0. The first-order valence-electron chi connectivity index (χ1n) is 5.48. The standard InChI is InChI=1S/C13H9N5/c1-2-6-10(7-3-1)12-15-17-13(18-16-12)11-8-4-5-9-14-11/h1-9H. The minimum Gasteiger partial charge on any atom is -0.253 e. The van der Waals surface area contributed by atoms with E-state index in [1.807, 2.05) is 48.5 Å². The van der Waals surface area contributed by atoms with Crippen molar-refractivity contribution in [3.63, 3.8) is 0 Å². The zero-order valence-corrected chi connectivity index (χ0v) is 9.43. The lowest BCUT2D eigenvalue weighted by atomic mass is 10.2. The maximum absolute atomic E-state index is 4.15. The third kappa shape index (κ3) is 2.06. The Morgan fingerprint density at radius 3 is 1.94 bits per heavy atom. The van der Waals surface area contributed by atoms with Gasteiger partial charge in [0.05, 0.1) is 0 Å². The van der Waals surface area contributed by atoms with Crippen LogP contribution in [0, 0.1) is 0 Å². The van der Waals surface area contributed by atoms with E-state index in [-0.39, 0.29) is 0 Å². The average molecular weight is 235 g/mol. The number of pyridine rings is 1. The Kier molecular flexibility index (Phi) is 2.71. The predicted molar refractivity (Wildman–Crippen MR) is 66.3 cm³/mol. The topological polar surface area (TPSA) is 64.5 Å². The monoisotopic (exact) mass is 235 g/mol. The molecule has 0 aliphatic heterocycles. The molecule has 2 aromatic heterocycles. The molecular formula is C13H9N5. The molecule has 3 aromatic rings. The van der Waals surface area contributed by atoms with Crippen molar-refractivity contribution in [2.24, 2.45) is 0 Å². The molecule has 0 aliphatic carbocycles. The number of benzene rings is 1. The van der Waals surface area contributed by atoms with Gasteiger partial charge in [-0.2, -0.15) is 0 Å². The molecule has 5 nitrogen and oxygen atoms in total. The van der Waals surface area contributed by atoms with Gasteiger partial charge in [-0.15, -0.1) is 20.4 Å². The maximum atomic E-state index is 4.15. The van der Waals surface area contributed by atoms with Crippen LogP contribution in [-0.4, -0.2) is 25.4 Å². The van der Waals surface area contributed by atoms with Crippen LogP contribution in [-0.2, 0) is 0 Å². The average Bonchev–Trinajstić information content (AvgIpc) is 2.49. The molecule has 0 spiro atoms. The molecule has 0 unspecified atom stereocenters. The van der Waals surface area contributed by atoms with Crippen LogP contribution in [0.4, 0.5) is 0 Å². The third-order valence-corrected chi connectivity index (χ3v) is 2.40. The van der Waals surface area contributed by atoms with Crippen molar-refractivity contribution in [2.45, 2.75) is 0 Å². The van der Waals surface area contributed by atoms with E-state index in [9.17, 15) is 0 Å². The van der Waals surface area contributed by atoms with Gasteiger partial charge in [-0.1, -0.05) is 36.4 Å². The van der Waals surface area contributed by atoms with Crippen molar-refractivity contribution in [3.8, 4) is 22.9 Å². The highest BCUT2D eigenvalue weighted by molar-refractivity contribution is 5.54. The minimum absolute atomic E-state index is 0.426. The van der Waals surface area contributed by atoms with Gasteiger partial charge < -0.3 is 0 Å². The first-order chi connectivity index (χ1) is 8.93. The van der Waals surface area contributed by atoms with Crippen molar-refractivity contribution in [3.05, 3.63) is 54.7 Å².